The Morgan fingerprint density at radius 3 is 2.57 bits per heavy atom. The number of aryl methyl sites for hydroxylation is 1. The maximum Gasteiger partial charge on any atom is 0.115 e. The van der Waals surface area contributed by atoms with Gasteiger partial charge >= 0.3 is 0 Å². The van der Waals surface area contributed by atoms with Crippen molar-refractivity contribution in [3.63, 3.8) is 0 Å². The lowest BCUT2D eigenvalue weighted by Gasteiger charge is -2.09. The largest absolute Gasteiger partial charge is 0.384 e. The lowest BCUT2D eigenvalue weighted by molar-refractivity contribution is 0.219. The van der Waals surface area contributed by atoms with E-state index in [1.54, 1.807) is 23.7 Å². The molecule has 0 aromatic carbocycles. The molecule has 0 spiro atoms. The van der Waals surface area contributed by atoms with Gasteiger partial charge in [-0.15, -0.1) is 0 Å². The highest BCUT2D eigenvalue weighted by molar-refractivity contribution is 7.08. The zero-order valence-electron chi connectivity index (χ0n) is 7.71. The molecule has 0 bridgehead atoms. The molecular weight excluding hydrogens is 196 g/mol. The summed E-state index contributed by atoms with van der Waals surface area (Å²) in [5.41, 5.74) is 2.77. The van der Waals surface area contributed by atoms with E-state index in [4.69, 9.17) is 0 Å². The predicted molar refractivity (Wildman–Crippen MR) is 55.1 cm³/mol. The third-order valence-corrected chi connectivity index (χ3v) is 2.97. The van der Waals surface area contributed by atoms with Crippen molar-refractivity contribution in [1.29, 1.82) is 0 Å². The second-order valence-corrected chi connectivity index (χ2v) is 3.83. The Labute approximate surface area is 86.1 Å². The van der Waals surface area contributed by atoms with Gasteiger partial charge in [0.1, 0.15) is 12.4 Å². The van der Waals surface area contributed by atoms with Crippen molar-refractivity contribution in [3.05, 3.63) is 46.2 Å². The van der Waals surface area contributed by atoms with Gasteiger partial charge in [0, 0.05) is 18.0 Å². The van der Waals surface area contributed by atoms with Crippen molar-refractivity contribution in [3.8, 4) is 0 Å². The quantitative estimate of drug-likeness (QED) is 0.816. The van der Waals surface area contributed by atoms with Crippen molar-refractivity contribution in [1.82, 2.24) is 9.97 Å². The Hall–Kier alpha value is -1.26. The molecule has 2 heterocycles. The molecule has 0 aliphatic rings. The summed E-state index contributed by atoms with van der Waals surface area (Å²) < 4.78 is 0. The molecule has 2 aromatic rings. The smallest absolute Gasteiger partial charge is 0.115 e. The second kappa shape index (κ2) is 3.86. The molecule has 1 N–H and O–H groups in total. The Balaban J connectivity index is 2.34. The fourth-order valence-corrected chi connectivity index (χ4v) is 2.15. The van der Waals surface area contributed by atoms with Gasteiger partial charge < -0.3 is 5.11 Å². The van der Waals surface area contributed by atoms with E-state index in [1.165, 1.54) is 6.33 Å². The molecule has 0 aliphatic carbocycles. The minimum Gasteiger partial charge on any atom is -0.384 e. The van der Waals surface area contributed by atoms with Gasteiger partial charge in [0.15, 0.2) is 0 Å². The first-order valence-corrected chi connectivity index (χ1v) is 5.19. The van der Waals surface area contributed by atoms with Crippen LogP contribution in [-0.4, -0.2) is 15.1 Å². The summed E-state index contributed by atoms with van der Waals surface area (Å²) >= 11 is 1.59. The van der Waals surface area contributed by atoms with E-state index in [1.807, 2.05) is 17.7 Å². The molecule has 72 valence electrons. The van der Waals surface area contributed by atoms with Gasteiger partial charge in [-0.3, -0.25) is 0 Å². The predicted octanol–water partition coefficient (Wildman–Crippen LogP) is 1.93. The molecule has 0 saturated heterocycles. The first-order valence-electron chi connectivity index (χ1n) is 4.24. The van der Waals surface area contributed by atoms with Crippen LogP contribution < -0.4 is 0 Å². The SMILES string of the molecule is Cc1cscc1C(O)c1cncnc1. The standard InChI is InChI=1S/C10H10N2OS/c1-7-4-14-5-9(7)10(13)8-2-11-6-12-3-8/h2-6,10,13H,1H3. The van der Waals surface area contributed by atoms with Crippen LogP contribution >= 0.6 is 11.3 Å². The average molecular weight is 206 g/mol. The van der Waals surface area contributed by atoms with Crippen LogP contribution in [0.4, 0.5) is 0 Å². The van der Waals surface area contributed by atoms with Crippen molar-refractivity contribution in [2.75, 3.05) is 0 Å². The molecule has 0 aliphatic heterocycles. The fraction of sp³-hybridized carbons (Fsp3) is 0.200. The minimum absolute atomic E-state index is 0.609. The van der Waals surface area contributed by atoms with Gasteiger partial charge in [-0.1, -0.05) is 0 Å². The van der Waals surface area contributed by atoms with Crippen LogP contribution in [0.5, 0.6) is 0 Å². The van der Waals surface area contributed by atoms with Crippen molar-refractivity contribution in [2.24, 2.45) is 0 Å². The van der Waals surface area contributed by atoms with Gasteiger partial charge in [0.2, 0.25) is 0 Å². The molecular formula is C10H10N2OS. The molecule has 0 radical (unpaired) electrons. The molecule has 2 rings (SSSR count). The van der Waals surface area contributed by atoms with Crippen LogP contribution in [0.1, 0.15) is 22.8 Å². The molecule has 3 nitrogen and oxygen atoms in total. The summed E-state index contributed by atoms with van der Waals surface area (Å²) in [6, 6.07) is 0. The molecule has 14 heavy (non-hydrogen) atoms. The molecule has 0 amide bonds. The molecule has 1 atom stereocenters. The van der Waals surface area contributed by atoms with Gasteiger partial charge in [-0.05, 0) is 28.8 Å². The van der Waals surface area contributed by atoms with Gasteiger partial charge in [-0.2, -0.15) is 11.3 Å². The van der Waals surface area contributed by atoms with Gasteiger partial charge in [0.05, 0.1) is 0 Å². The van der Waals surface area contributed by atoms with Crippen LogP contribution in [-0.2, 0) is 0 Å². The number of thiophene rings is 1. The van der Waals surface area contributed by atoms with E-state index in [0.29, 0.717) is 0 Å². The van der Waals surface area contributed by atoms with Crippen LogP contribution in [0.25, 0.3) is 0 Å². The van der Waals surface area contributed by atoms with Crippen LogP contribution in [0.3, 0.4) is 0 Å². The molecule has 1 unspecified atom stereocenters. The van der Waals surface area contributed by atoms with E-state index in [2.05, 4.69) is 9.97 Å². The first kappa shape index (κ1) is 9.30. The lowest BCUT2D eigenvalue weighted by atomic mass is 10.0. The second-order valence-electron chi connectivity index (χ2n) is 3.08. The Bertz CT molecular complexity index is 413. The monoisotopic (exact) mass is 206 g/mol. The zero-order valence-corrected chi connectivity index (χ0v) is 8.53. The number of aromatic nitrogens is 2. The van der Waals surface area contributed by atoms with E-state index < -0.39 is 6.10 Å². The summed E-state index contributed by atoms with van der Waals surface area (Å²) in [5.74, 6) is 0. The van der Waals surface area contributed by atoms with Crippen LogP contribution in [0, 0.1) is 6.92 Å². The van der Waals surface area contributed by atoms with E-state index >= 15 is 0 Å². The molecule has 0 saturated carbocycles. The number of nitrogens with zero attached hydrogens (tertiary/aromatic N) is 2. The molecule has 4 heteroatoms. The van der Waals surface area contributed by atoms with Crippen LogP contribution in [0.15, 0.2) is 29.5 Å². The summed E-state index contributed by atoms with van der Waals surface area (Å²) in [6.45, 7) is 1.98. The first-order chi connectivity index (χ1) is 6.79. The summed E-state index contributed by atoms with van der Waals surface area (Å²) in [6.07, 6.45) is 4.11. The highest BCUT2D eigenvalue weighted by Gasteiger charge is 2.13. The van der Waals surface area contributed by atoms with E-state index in [-0.39, 0.29) is 0 Å². The zero-order chi connectivity index (χ0) is 9.97. The lowest BCUT2D eigenvalue weighted by Crippen LogP contribution is -2.00. The number of hydrogen-bond donors (Lipinski definition) is 1. The molecule has 2 aromatic heterocycles. The maximum absolute atomic E-state index is 9.99. The maximum atomic E-state index is 9.99. The number of rotatable bonds is 2. The fourth-order valence-electron chi connectivity index (χ4n) is 1.28. The van der Waals surface area contributed by atoms with Gasteiger partial charge in [0.25, 0.3) is 0 Å². The van der Waals surface area contributed by atoms with Crippen molar-refractivity contribution >= 4 is 11.3 Å². The topological polar surface area (TPSA) is 46.0 Å². The molecule has 0 fully saturated rings. The summed E-state index contributed by atoms with van der Waals surface area (Å²) in [5, 5.41) is 14.0. The average Bonchev–Trinajstić information content (AvgIpc) is 2.65. The van der Waals surface area contributed by atoms with Gasteiger partial charge in [-0.25, -0.2) is 9.97 Å². The third-order valence-electron chi connectivity index (χ3n) is 2.09. The van der Waals surface area contributed by atoms with E-state index in [9.17, 15) is 5.11 Å². The minimum atomic E-state index is -0.609. The Morgan fingerprint density at radius 1 is 1.29 bits per heavy atom. The van der Waals surface area contributed by atoms with Crippen molar-refractivity contribution < 1.29 is 5.11 Å². The highest BCUT2D eigenvalue weighted by Crippen LogP contribution is 2.26. The summed E-state index contributed by atoms with van der Waals surface area (Å²) in [4.78, 5) is 7.76. The third kappa shape index (κ3) is 1.66. The van der Waals surface area contributed by atoms with Crippen molar-refractivity contribution in [2.45, 2.75) is 13.0 Å². The summed E-state index contributed by atoms with van der Waals surface area (Å²) in [7, 11) is 0. The number of aliphatic hydroxyl groups excluding tert-OH is 1. The Morgan fingerprint density at radius 2 is 2.00 bits per heavy atom. The Kier molecular flexibility index (Phi) is 2.56. The number of aliphatic hydroxyl groups is 1. The number of hydrogen-bond acceptors (Lipinski definition) is 4. The normalized spacial score (nSPS) is 12.7. The van der Waals surface area contributed by atoms with Crippen LogP contribution in [0.2, 0.25) is 0 Å². The van der Waals surface area contributed by atoms with E-state index in [0.717, 1.165) is 16.7 Å². The highest BCUT2D eigenvalue weighted by atomic mass is 32.1.